The van der Waals surface area contributed by atoms with Crippen LogP contribution in [0, 0.1) is 5.92 Å². The number of piperidine rings is 1. The maximum atomic E-state index is 12.6. The van der Waals surface area contributed by atoms with Crippen molar-refractivity contribution in [3.63, 3.8) is 0 Å². The second-order valence-corrected chi connectivity index (χ2v) is 6.64. The Morgan fingerprint density at radius 2 is 1.92 bits per heavy atom. The van der Waals surface area contributed by atoms with Gasteiger partial charge in [0.25, 0.3) is 5.91 Å². The number of oxazole rings is 1. The van der Waals surface area contributed by atoms with E-state index in [0.717, 1.165) is 45.6 Å². The van der Waals surface area contributed by atoms with E-state index in [1.165, 1.54) is 6.26 Å². The summed E-state index contributed by atoms with van der Waals surface area (Å²) in [7, 11) is 0. The molecule has 1 aliphatic heterocycles. The van der Waals surface area contributed by atoms with Gasteiger partial charge >= 0.3 is 6.08 Å². The number of amides is 1. The third kappa shape index (κ3) is 4.64. The van der Waals surface area contributed by atoms with E-state index in [0.29, 0.717) is 17.4 Å². The second kappa shape index (κ2) is 8.85. The molecule has 26 heavy (non-hydrogen) atoms. The maximum absolute atomic E-state index is 12.6. The third-order valence-electron chi connectivity index (χ3n) is 4.96. The molecule has 1 aromatic carbocycles. The molecule has 6 heteroatoms. The molecule has 0 unspecified atom stereocenters. The number of likely N-dealkylation sites (tertiary alicyclic amines) is 1. The topological polar surface area (TPSA) is 58.8 Å². The summed E-state index contributed by atoms with van der Waals surface area (Å²) >= 11 is 0. The molecule has 0 bridgehead atoms. The number of ether oxygens (including phenoxy) is 1. The van der Waals surface area contributed by atoms with Gasteiger partial charge in [-0.15, -0.1) is 0 Å². The van der Waals surface area contributed by atoms with Crippen LogP contribution < -0.4 is 4.74 Å². The number of carbonyl (C=O) groups excluding carboxylic acids is 1. The van der Waals surface area contributed by atoms with E-state index in [-0.39, 0.29) is 12.0 Å². The Labute approximate surface area is 154 Å². The summed E-state index contributed by atoms with van der Waals surface area (Å²) in [6, 6.07) is 9.26. The van der Waals surface area contributed by atoms with Gasteiger partial charge in [-0.2, -0.15) is 4.98 Å². The third-order valence-corrected chi connectivity index (χ3v) is 4.96. The highest BCUT2D eigenvalue weighted by atomic mass is 16.6. The number of aromatic nitrogens is 1. The molecule has 2 aromatic rings. The van der Waals surface area contributed by atoms with Gasteiger partial charge < -0.3 is 19.0 Å². The Kier molecular flexibility index (Phi) is 6.28. The summed E-state index contributed by atoms with van der Waals surface area (Å²) in [5.74, 6) is 1.21. The first kappa shape index (κ1) is 18.5. The van der Waals surface area contributed by atoms with Gasteiger partial charge in [-0.3, -0.25) is 4.79 Å². The molecule has 1 amide bonds. The number of nitrogens with zero attached hydrogens (tertiary/aromatic N) is 3. The molecule has 140 valence electrons. The molecular weight excluding hydrogens is 330 g/mol. The highest BCUT2D eigenvalue weighted by molar-refractivity contribution is 5.92. The first-order valence-electron chi connectivity index (χ1n) is 9.39. The first-order valence-corrected chi connectivity index (χ1v) is 9.39. The molecule has 0 N–H and O–H groups in total. The lowest BCUT2D eigenvalue weighted by atomic mass is 9.96. The van der Waals surface area contributed by atoms with Crippen LogP contribution in [0.25, 0.3) is 0 Å². The van der Waals surface area contributed by atoms with Gasteiger partial charge in [0.05, 0.1) is 0 Å². The van der Waals surface area contributed by atoms with Crippen molar-refractivity contribution in [1.29, 1.82) is 0 Å². The van der Waals surface area contributed by atoms with Crippen LogP contribution in [0.3, 0.4) is 0 Å². The van der Waals surface area contributed by atoms with Crippen LogP contribution in [-0.2, 0) is 0 Å². The number of rotatable bonds is 7. The Morgan fingerprint density at radius 3 is 2.58 bits per heavy atom. The van der Waals surface area contributed by atoms with Crippen LogP contribution in [0.1, 0.15) is 37.2 Å². The molecule has 0 radical (unpaired) electrons. The van der Waals surface area contributed by atoms with Gasteiger partial charge in [0.2, 0.25) is 0 Å². The molecule has 1 aliphatic rings. The summed E-state index contributed by atoms with van der Waals surface area (Å²) in [6.07, 6.45) is 3.54. The fourth-order valence-electron chi connectivity index (χ4n) is 3.32. The molecule has 3 rings (SSSR count). The maximum Gasteiger partial charge on any atom is 0.399 e. The minimum atomic E-state index is -0.0852. The number of para-hydroxylation sites is 1. The number of benzene rings is 1. The quantitative estimate of drug-likeness (QED) is 0.757. The van der Waals surface area contributed by atoms with Gasteiger partial charge in [-0.1, -0.05) is 32.0 Å². The van der Waals surface area contributed by atoms with E-state index in [1.54, 1.807) is 0 Å². The van der Waals surface area contributed by atoms with E-state index in [9.17, 15) is 4.79 Å². The largest absolute Gasteiger partial charge is 0.416 e. The van der Waals surface area contributed by atoms with Gasteiger partial charge in [-0.05, 0) is 44.0 Å². The summed E-state index contributed by atoms with van der Waals surface area (Å²) in [6.45, 7) is 9.22. The van der Waals surface area contributed by atoms with E-state index in [4.69, 9.17) is 9.15 Å². The predicted molar refractivity (Wildman–Crippen MR) is 99.4 cm³/mol. The van der Waals surface area contributed by atoms with E-state index >= 15 is 0 Å². The first-order chi connectivity index (χ1) is 12.7. The molecule has 1 fully saturated rings. The van der Waals surface area contributed by atoms with Crippen molar-refractivity contribution in [1.82, 2.24) is 14.8 Å². The van der Waals surface area contributed by atoms with Crippen LogP contribution in [0.2, 0.25) is 0 Å². The van der Waals surface area contributed by atoms with E-state index in [2.05, 4.69) is 23.7 Å². The number of carbonyl (C=O) groups is 1. The summed E-state index contributed by atoms with van der Waals surface area (Å²) in [4.78, 5) is 21.1. The van der Waals surface area contributed by atoms with E-state index < -0.39 is 0 Å². The fraction of sp³-hybridized carbons (Fsp3) is 0.500. The van der Waals surface area contributed by atoms with Crippen LogP contribution in [0.15, 0.2) is 41.0 Å². The molecule has 0 saturated carbocycles. The lowest BCUT2D eigenvalue weighted by Crippen LogP contribution is -2.41. The van der Waals surface area contributed by atoms with Crippen molar-refractivity contribution in [3.05, 3.63) is 42.3 Å². The molecule has 1 aromatic heterocycles. The Balaban J connectivity index is 1.52. The summed E-state index contributed by atoms with van der Waals surface area (Å²) in [5.41, 5.74) is 0.304. The van der Waals surface area contributed by atoms with Gasteiger partial charge in [-0.25, -0.2) is 0 Å². The predicted octanol–water partition coefficient (Wildman–Crippen LogP) is 3.66. The monoisotopic (exact) mass is 357 g/mol. The normalized spacial score (nSPS) is 15.4. The zero-order valence-corrected chi connectivity index (χ0v) is 15.6. The highest BCUT2D eigenvalue weighted by Gasteiger charge is 2.26. The van der Waals surface area contributed by atoms with Crippen LogP contribution >= 0.6 is 0 Å². The average molecular weight is 357 g/mol. The van der Waals surface area contributed by atoms with Gasteiger partial charge in [0, 0.05) is 19.6 Å². The van der Waals surface area contributed by atoms with Crippen molar-refractivity contribution < 1.29 is 13.9 Å². The average Bonchev–Trinajstić information content (AvgIpc) is 3.15. The van der Waals surface area contributed by atoms with Crippen LogP contribution in [-0.4, -0.2) is 53.4 Å². The molecule has 1 saturated heterocycles. The van der Waals surface area contributed by atoms with Crippen molar-refractivity contribution >= 4 is 5.91 Å². The highest BCUT2D eigenvalue weighted by Crippen LogP contribution is 2.23. The zero-order valence-electron chi connectivity index (χ0n) is 15.6. The van der Waals surface area contributed by atoms with Gasteiger partial charge in [0.1, 0.15) is 12.0 Å². The van der Waals surface area contributed by atoms with Crippen LogP contribution in [0.4, 0.5) is 0 Å². The van der Waals surface area contributed by atoms with Crippen LogP contribution in [0.5, 0.6) is 11.8 Å². The SMILES string of the molecule is CCN(CC)CC1CCN(C(=O)c2coc(Oc3ccccc3)n2)CC1. The summed E-state index contributed by atoms with van der Waals surface area (Å²) in [5, 5.41) is 0. The molecule has 0 spiro atoms. The lowest BCUT2D eigenvalue weighted by Gasteiger charge is -2.34. The minimum absolute atomic E-state index is 0.0852. The molecule has 2 heterocycles. The van der Waals surface area contributed by atoms with Crippen molar-refractivity contribution in [2.75, 3.05) is 32.7 Å². The van der Waals surface area contributed by atoms with Crippen molar-refractivity contribution in [2.45, 2.75) is 26.7 Å². The smallest absolute Gasteiger partial charge is 0.399 e. The molecule has 0 atom stereocenters. The Hall–Kier alpha value is -2.34. The Morgan fingerprint density at radius 1 is 1.23 bits per heavy atom. The number of hydrogen-bond acceptors (Lipinski definition) is 5. The fourth-order valence-corrected chi connectivity index (χ4v) is 3.32. The lowest BCUT2D eigenvalue weighted by molar-refractivity contribution is 0.0663. The number of hydrogen-bond donors (Lipinski definition) is 0. The molecular formula is C20H27N3O3. The Bertz CT molecular complexity index is 689. The zero-order chi connectivity index (χ0) is 18.4. The summed E-state index contributed by atoms with van der Waals surface area (Å²) < 4.78 is 10.8. The van der Waals surface area contributed by atoms with Gasteiger partial charge in [0.15, 0.2) is 5.69 Å². The second-order valence-electron chi connectivity index (χ2n) is 6.64. The molecule has 0 aliphatic carbocycles. The standard InChI is InChI=1S/C20H27N3O3/c1-3-22(4-2)14-16-10-12-23(13-11-16)19(24)18-15-25-20(21-18)26-17-8-6-5-7-9-17/h5-9,15-16H,3-4,10-14H2,1-2H3. The van der Waals surface area contributed by atoms with Crippen molar-refractivity contribution in [2.24, 2.45) is 5.92 Å². The van der Waals surface area contributed by atoms with E-state index in [1.807, 2.05) is 35.2 Å². The van der Waals surface area contributed by atoms with Crippen molar-refractivity contribution in [3.8, 4) is 11.8 Å². The molecule has 6 nitrogen and oxygen atoms in total. The minimum Gasteiger partial charge on any atom is -0.416 e.